The van der Waals surface area contributed by atoms with Crippen molar-refractivity contribution in [1.29, 1.82) is 0 Å². The quantitative estimate of drug-likeness (QED) is 0.767. The summed E-state index contributed by atoms with van der Waals surface area (Å²) in [5.74, 6) is 0.706. The van der Waals surface area contributed by atoms with Gasteiger partial charge in [-0.15, -0.1) is 0 Å². The summed E-state index contributed by atoms with van der Waals surface area (Å²) in [4.78, 5) is 3.96. The van der Waals surface area contributed by atoms with Gasteiger partial charge in [0.2, 0.25) is 5.88 Å². The van der Waals surface area contributed by atoms with E-state index < -0.39 is 0 Å². The lowest BCUT2D eigenvalue weighted by Crippen LogP contribution is -1.81. The van der Waals surface area contributed by atoms with Gasteiger partial charge in [-0.05, 0) is 24.3 Å². The molecule has 0 aliphatic heterocycles. The van der Waals surface area contributed by atoms with Gasteiger partial charge in [0, 0.05) is 11.0 Å². The lowest BCUT2D eigenvalue weighted by molar-refractivity contribution is 0.414. The van der Waals surface area contributed by atoms with E-state index in [4.69, 9.17) is 9.84 Å². The molecule has 0 saturated carbocycles. The number of aromatic nitrogens is 1. The van der Waals surface area contributed by atoms with Crippen molar-refractivity contribution in [2.75, 3.05) is 7.11 Å². The molecule has 2 aromatic rings. The first-order chi connectivity index (χ1) is 7.69. The van der Waals surface area contributed by atoms with E-state index in [9.17, 15) is 5.11 Å². The molecule has 1 heterocycles. The van der Waals surface area contributed by atoms with Crippen LogP contribution in [-0.2, 0) is 0 Å². The van der Waals surface area contributed by atoms with Crippen LogP contribution in [0.1, 0.15) is 0 Å². The van der Waals surface area contributed by atoms with Gasteiger partial charge >= 0.3 is 0 Å². The zero-order valence-corrected chi connectivity index (χ0v) is 9.41. The van der Waals surface area contributed by atoms with Crippen LogP contribution >= 0.6 is 11.8 Å². The molecule has 0 saturated heterocycles. The lowest BCUT2D eigenvalue weighted by atomic mass is 10.3. The van der Waals surface area contributed by atoms with Gasteiger partial charge in [-0.3, -0.25) is 4.98 Å². The second-order valence-electron chi connectivity index (χ2n) is 3.15. The molecule has 0 bridgehead atoms. The Morgan fingerprint density at radius 2 is 1.88 bits per heavy atom. The molecule has 1 aromatic heterocycles. The fraction of sp³-hybridized carbons (Fsp3) is 0.0909. The van der Waals surface area contributed by atoms with Crippen LogP contribution in [-0.4, -0.2) is 22.3 Å². The maximum absolute atomic E-state index is 9.43. The van der Waals surface area contributed by atoms with E-state index in [0.29, 0.717) is 4.90 Å². The van der Waals surface area contributed by atoms with Gasteiger partial charge in [-0.2, -0.15) is 0 Å². The van der Waals surface area contributed by atoms with E-state index in [0.717, 1.165) is 10.6 Å². The predicted octanol–water partition coefficient (Wildman–Crippen LogP) is 2.59. The molecule has 4 nitrogen and oxygen atoms in total. The fourth-order valence-corrected chi connectivity index (χ4v) is 2.10. The Bertz CT molecular complexity index is 478. The number of aromatic amines is 1. The van der Waals surface area contributed by atoms with Crippen molar-refractivity contribution in [3.8, 4) is 17.5 Å². The summed E-state index contributed by atoms with van der Waals surface area (Å²) in [6, 6.07) is 8.92. The molecule has 84 valence electrons. The summed E-state index contributed by atoms with van der Waals surface area (Å²) in [6.07, 6.45) is 0. The summed E-state index contributed by atoms with van der Waals surface area (Å²) in [6.45, 7) is 0. The summed E-state index contributed by atoms with van der Waals surface area (Å²) in [5, 5.41) is 18.6. The first-order valence-electron chi connectivity index (χ1n) is 4.62. The highest BCUT2D eigenvalue weighted by atomic mass is 32.2. The van der Waals surface area contributed by atoms with Gasteiger partial charge in [0.15, 0.2) is 5.88 Å². The standard InChI is InChI=1S/C11H11NO3S/c1-15-7-2-4-8(5-3-7)16-9-6-10(13)12-11(9)14/h2-6,12-14H,1H3. The molecule has 0 atom stereocenters. The lowest BCUT2D eigenvalue weighted by Gasteiger charge is -2.01. The topological polar surface area (TPSA) is 65.5 Å². The monoisotopic (exact) mass is 237 g/mol. The minimum Gasteiger partial charge on any atom is -0.497 e. The number of benzene rings is 1. The Morgan fingerprint density at radius 3 is 2.38 bits per heavy atom. The van der Waals surface area contributed by atoms with Crippen molar-refractivity contribution in [1.82, 2.24) is 4.98 Å². The molecule has 0 radical (unpaired) electrons. The highest BCUT2D eigenvalue weighted by Crippen LogP contribution is 2.36. The van der Waals surface area contributed by atoms with Gasteiger partial charge in [0.1, 0.15) is 5.75 Å². The average molecular weight is 237 g/mol. The van der Waals surface area contributed by atoms with E-state index in [-0.39, 0.29) is 11.8 Å². The van der Waals surface area contributed by atoms with E-state index in [2.05, 4.69) is 4.98 Å². The maximum Gasteiger partial charge on any atom is 0.205 e. The minimum atomic E-state index is -0.0477. The molecule has 5 heteroatoms. The van der Waals surface area contributed by atoms with Crippen LogP contribution in [0.25, 0.3) is 0 Å². The van der Waals surface area contributed by atoms with E-state index in [1.165, 1.54) is 17.8 Å². The zero-order chi connectivity index (χ0) is 11.5. The molecule has 0 aliphatic carbocycles. The molecule has 1 aromatic carbocycles. The molecule has 16 heavy (non-hydrogen) atoms. The number of H-pyrrole nitrogens is 1. The summed E-state index contributed by atoms with van der Waals surface area (Å²) < 4.78 is 5.04. The summed E-state index contributed by atoms with van der Waals surface area (Å²) in [7, 11) is 1.61. The maximum atomic E-state index is 9.43. The Kier molecular flexibility index (Phi) is 2.96. The first kappa shape index (κ1) is 10.8. The van der Waals surface area contributed by atoms with Crippen molar-refractivity contribution < 1.29 is 14.9 Å². The van der Waals surface area contributed by atoms with Crippen LogP contribution in [0, 0.1) is 0 Å². The number of rotatable bonds is 3. The van der Waals surface area contributed by atoms with Gasteiger partial charge in [0.25, 0.3) is 0 Å². The molecule has 0 fully saturated rings. The molecule has 0 aliphatic rings. The minimum absolute atomic E-state index is 0.0293. The number of aromatic hydroxyl groups is 2. The second kappa shape index (κ2) is 4.40. The summed E-state index contributed by atoms with van der Waals surface area (Å²) >= 11 is 1.36. The third kappa shape index (κ3) is 2.25. The average Bonchev–Trinajstić information content (AvgIpc) is 2.59. The zero-order valence-electron chi connectivity index (χ0n) is 8.60. The van der Waals surface area contributed by atoms with Crippen molar-refractivity contribution >= 4 is 11.8 Å². The number of hydrogen-bond donors (Lipinski definition) is 3. The van der Waals surface area contributed by atoms with Gasteiger partial charge in [0.05, 0.1) is 12.0 Å². The van der Waals surface area contributed by atoms with Crippen LogP contribution in [0.15, 0.2) is 40.1 Å². The van der Waals surface area contributed by atoms with Crippen molar-refractivity contribution in [3.05, 3.63) is 30.3 Å². The molecule has 2 rings (SSSR count). The fourth-order valence-electron chi connectivity index (χ4n) is 1.26. The molecule has 0 unspecified atom stereocenters. The molecular weight excluding hydrogens is 226 g/mol. The van der Waals surface area contributed by atoms with Crippen LogP contribution in [0.4, 0.5) is 0 Å². The van der Waals surface area contributed by atoms with Gasteiger partial charge in [-0.25, -0.2) is 0 Å². The van der Waals surface area contributed by atoms with Crippen molar-refractivity contribution in [2.45, 2.75) is 9.79 Å². The molecule has 0 spiro atoms. The highest BCUT2D eigenvalue weighted by molar-refractivity contribution is 7.99. The Labute approximate surface area is 96.9 Å². The SMILES string of the molecule is COc1ccc(Sc2cc(O)[nH]c2O)cc1. The van der Waals surface area contributed by atoms with E-state index in [1.807, 2.05) is 24.3 Å². The largest absolute Gasteiger partial charge is 0.497 e. The second-order valence-corrected chi connectivity index (χ2v) is 4.26. The number of methoxy groups -OCH3 is 1. The van der Waals surface area contributed by atoms with Gasteiger partial charge in [-0.1, -0.05) is 11.8 Å². The number of nitrogens with one attached hydrogen (secondary N) is 1. The van der Waals surface area contributed by atoms with E-state index in [1.54, 1.807) is 7.11 Å². The molecule has 0 amide bonds. The Balaban J connectivity index is 2.17. The molecular formula is C11H11NO3S. The third-order valence-electron chi connectivity index (χ3n) is 2.03. The molecule has 3 N–H and O–H groups in total. The first-order valence-corrected chi connectivity index (χ1v) is 5.43. The summed E-state index contributed by atoms with van der Waals surface area (Å²) in [5.41, 5.74) is 0. The smallest absolute Gasteiger partial charge is 0.205 e. The van der Waals surface area contributed by atoms with Crippen LogP contribution in [0.3, 0.4) is 0 Å². The van der Waals surface area contributed by atoms with E-state index >= 15 is 0 Å². The Hall–Kier alpha value is -1.75. The predicted molar refractivity (Wildman–Crippen MR) is 61.2 cm³/mol. The van der Waals surface area contributed by atoms with Crippen LogP contribution in [0.5, 0.6) is 17.5 Å². The van der Waals surface area contributed by atoms with Gasteiger partial charge < -0.3 is 14.9 Å². The van der Waals surface area contributed by atoms with Crippen molar-refractivity contribution in [3.63, 3.8) is 0 Å². The number of hydrogen-bond acceptors (Lipinski definition) is 4. The Morgan fingerprint density at radius 1 is 1.19 bits per heavy atom. The normalized spacial score (nSPS) is 10.3. The third-order valence-corrected chi connectivity index (χ3v) is 3.07. The number of ether oxygens (including phenoxy) is 1. The highest BCUT2D eigenvalue weighted by Gasteiger charge is 2.07. The van der Waals surface area contributed by atoms with Crippen LogP contribution in [0.2, 0.25) is 0 Å². The van der Waals surface area contributed by atoms with Crippen LogP contribution < -0.4 is 4.74 Å². The van der Waals surface area contributed by atoms with Crippen molar-refractivity contribution in [2.24, 2.45) is 0 Å².